The number of ether oxygens (including phenoxy) is 2. The molecule has 1 heterocycles. The monoisotopic (exact) mass is 249 g/mol. The van der Waals surface area contributed by atoms with Gasteiger partial charge in [0.1, 0.15) is 18.1 Å². The highest BCUT2D eigenvalue weighted by Gasteiger charge is 2.15. The molecular formula is C15H23NO2. The maximum atomic E-state index is 5.75. The zero-order valence-electron chi connectivity index (χ0n) is 11.4. The van der Waals surface area contributed by atoms with E-state index in [0.29, 0.717) is 0 Å². The van der Waals surface area contributed by atoms with Gasteiger partial charge in [-0.05, 0) is 49.6 Å². The highest BCUT2D eigenvalue weighted by molar-refractivity contribution is 5.31. The molecular weight excluding hydrogens is 226 g/mol. The molecule has 1 aliphatic rings. The van der Waals surface area contributed by atoms with Crippen LogP contribution in [0.5, 0.6) is 11.5 Å². The van der Waals surface area contributed by atoms with Crippen LogP contribution in [0.15, 0.2) is 24.3 Å². The smallest absolute Gasteiger partial charge is 0.119 e. The van der Waals surface area contributed by atoms with Crippen molar-refractivity contribution in [3.05, 3.63) is 24.3 Å². The Morgan fingerprint density at radius 1 is 1.22 bits per heavy atom. The van der Waals surface area contributed by atoms with Crippen molar-refractivity contribution in [1.29, 1.82) is 0 Å². The summed E-state index contributed by atoms with van der Waals surface area (Å²) in [6.45, 7) is 6.55. The van der Waals surface area contributed by atoms with E-state index in [4.69, 9.17) is 9.47 Å². The maximum Gasteiger partial charge on any atom is 0.119 e. The summed E-state index contributed by atoms with van der Waals surface area (Å²) in [7, 11) is 1.67. The van der Waals surface area contributed by atoms with Gasteiger partial charge in [-0.3, -0.25) is 4.90 Å². The molecule has 100 valence electrons. The Labute approximate surface area is 110 Å². The van der Waals surface area contributed by atoms with Gasteiger partial charge >= 0.3 is 0 Å². The second-order valence-corrected chi connectivity index (χ2v) is 5.07. The Bertz CT molecular complexity index is 350. The summed E-state index contributed by atoms with van der Waals surface area (Å²) in [6, 6.07) is 7.77. The molecule has 0 N–H and O–H groups in total. The standard InChI is InChI=1S/C15H23NO2/c1-13-4-3-9-16(12-13)10-11-18-15-7-5-14(17-2)6-8-15/h5-8,13H,3-4,9-12H2,1-2H3/t13-/m0/s1. The molecule has 1 aromatic carbocycles. The summed E-state index contributed by atoms with van der Waals surface area (Å²) >= 11 is 0. The van der Waals surface area contributed by atoms with E-state index < -0.39 is 0 Å². The van der Waals surface area contributed by atoms with Crippen LogP contribution >= 0.6 is 0 Å². The van der Waals surface area contributed by atoms with E-state index in [1.165, 1.54) is 25.9 Å². The third-order valence-corrected chi connectivity index (χ3v) is 3.48. The van der Waals surface area contributed by atoms with Gasteiger partial charge < -0.3 is 9.47 Å². The van der Waals surface area contributed by atoms with Crippen molar-refractivity contribution in [1.82, 2.24) is 4.90 Å². The Morgan fingerprint density at radius 3 is 2.61 bits per heavy atom. The topological polar surface area (TPSA) is 21.7 Å². The number of hydrogen-bond acceptors (Lipinski definition) is 3. The van der Waals surface area contributed by atoms with E-state index >= 15 is 0 Å². The lowest BCUT2D eigenvalue weighted by Gasteiger charge is -2.30. The first-order valence-corrected chi connectivity index (χ1v) is 6.77. The molecule has 1 atom stereocenters. The quantitative estimate of drug-likeness (QED) is 0.801. The first-order chi connectivity index (χ1) is 8.78. The van der Waals surface area contributed by atoms with Crippen LogP contribution in [-0.4, -0.2) is 38.3 Å². The van der Waals surface area contributed by atoms with Gasteiger partial charge in [0.25, 0.3) is 0 Å². The minimum absolute atomic E-state index is 0.763. The fourth-order valence-electron chi connectivity index (χ4n) is 2.45. The summed E-state index contributed by atoms with van der Waals surface area (Å²) in [6.07, 6.45) is 2.69. The summed E-state index contributed by atoms with van der Waals surface area (Å²) in [5, 5.41) is 0. The Kier molecular flexibility index (Phi) is 4.88. The number of benzene rings is 1. The largest absolute Gasteiger partial charge is 0.497 e. The van der Waals surface area contributed by atoms with Crippen molar-refractivity contribution in [2.75, 3.05) is 33.4 Å². The number of methoxy groups -OCH3 is 1. The SMILES string of the molecule is COc1ccc(OCCN2CCC[C@H](C)C2)cc1. The molecule has 1 saturated heterocycles. The van der Waals surface area contributed by atoms with Gasteiger partial charge in [0, 0.05) is 13.1 Å². The Hall–Kier alpha value is -1.22. The average molecular weight is 249 g/mol. The Balaban J connectivity index is 1.70. The van der Waals surface area contributed by atoms with E-state index in [2.05, 4.69) is 11.8 Å². The molecule has 0 saturated carbocycles. The fourth-order valence-corrected chi connectivity index (χ4v) is 2.45. The molecule has 3 nitrogen and oxygen atoms in total. The number of likely N-dealkylation sites (tertiary alicyclic amines) is 1. The Morgan fingerprint density at radius 2 is 1.94 bits per heavy atom. The van der Waals surface area contributed by atoms with E-state index in [1.807, 2.05) is 24.3 Å². The lowest BCUT2D eigenvalue weighted by atomic mass is 10.0. The van der Waals surface area contributed by atoms with Gasteiger partial charge in [0.05, 0.1) is 7.11 Å². The second-order valence-electron chi connectivity index (χ2n) is 5.07. The van der Waals surface area contributed by atoms with E-state index in [9.17, 15) is 0 Å². The van der Waals surface area contributed by atoms with Crippen molar-refractivity contribution < 1.29 is 9.47 Å². The third-order valence-electron chi connectivity index (χ3n) is 3.48. The van der Waals surface area contributed by atoms with Crippen LogP contribution in [0.3, 0.4) is 0 Å². The molecule has 0 unspecified atom stereocenters. The van der Waals surface area contributed by atoms with E-state index in [0.717, 1.165) is 30.6 Å². The van der Waals surface area contributed by atoms with Gasteiger partial charge in [-0.15, -0.1) is 0 Å². The second kappa shape index (κ2) is 6.64. The van der Waals surface area contributed by atoms with Crippen molar-refractivity contribution >= 4 is 0 Å². The summed E-state index contributed by atoms with van der Waals surface area (Å²) < 4.78 is 10.9. The van der Waals surface area contributed by atoms with Gasteiger partial charge in [0.15, 0.2) is 0 Å². The van der Waals surface area contributed by atoms with Crippen molar-refractivity contribution in [2.24, 2.45) is 5.92 Å². The summed E-state index contributed by atoms with van der Waals surface area (Å²) in [4.78, 5) is 2.50. The maximum absolute atomic E-state index is 5.75. The predicted molar refractivity (Wildman–Crippen MR) is 73.3 cm³/mol. The first kappa shape index (κ1) is 13.2. The summed E-state index contributed by atoms with van der Waals surface area (Å²) in [5.41, 5.74) is 0. The lowest BCUT2D eigenvalue weighted by Crippen LogP contribution is -2.37. The predicted octanol–water partition coefficient (Wildman–Crippen LogP) is 2.81. The molecule has 0 aromatic heterocycles. The van der Waals surface area contributed by atoms with Crippen LogP contribution in [-0.2, 0) is 0 Å². The number of piperidine rings is 1. The molecule has 18 heavy (non-hydrogen) atoms. The lowest BCUT2D eigenvalue weighted by molar-refractivity contribution is 0.153. The normalized spacial score (nSPS) is 20.7. The zero-order valence-corrected chi connectivity index (χ0v) is 11.4. The number of nitrogens with zero attached hydrogens (tertiary/aromatic N) is 1. The highest BCUT2D eigenvalue weighted by Crippen LogP contribution is 2.18. The highest BCUT2D eigenvalue weighted by atomic mass is 16.5. The molecule has 0 bridgehead atoms. The van der Waals surface area contributed by atoms with Crippen LogP contribution in [0, 0.1) is 5.92 Å². The van der Waals surface area contributed by atoms with E-state index in [-0.39, 0.29) is 0 Å². The van der Waals surface area contributed by atoms with Gasteiger partial charge in [0.2, 0.25) is 0 Å². The van der Waals surface area contributed by atoms with E-state index in [1.54, 1.807) is 7.11 Å². The van der Waals surface area contributed by atoms with Gasteiger partial charge in [-0.2, -0.15) is 0 Å². The third kappa shape index (κ3) is 3.91. The average Bonchev–Trinajstić information content (AvgIpc) is 2.40. The van der Waals surface area contributed by atoms with Crippen LogP contribution in [0.1, 0.15) is 19.8 Å². The molecule has 1 aliphatic heterocycles. The minimum Gasteiger partial charge on any atom is -0.497 e. The van der Waals surface area contributed by atoms with Crippen LogP contribution in [0.4, 0.5) is 0 Å². The van der Waals surface area contributed by atoms with Gasteiger partial charge in [-0.25, -0.2) is 0 Å². The molecule has 0 amide bonds. The molecule has 1 fully saturated rings. The molecule has 0 radical (unpaired) electrons. The van der Waals surface area contributed by atoms with Crippen molar-refractivity contribution in [2.45, 2.75) is 19.8 Å². The minimum atomic E-state index is 0.763. The molecule has 0 aliphatic carbocycles. The molecule has 0 spiro atoms. The molecule has 3 heteroatoms. The number of rotatable bonds is 5. The summed E-state index contributed by atoms with van der Waals surface area (Å²) in [5.74, 6) is 2.62. The zero-order chi connectivity index (χ0) is 12.8. The number of hydrogen-bond donors (Lipinski definition) is 0. The van der Waals surface area contributed by atoms with Crippen LogP contribution < -0.4 is 9.47 Å². The molecule has 2 rings (SSSR count). The van der Waals surface area contributed by atoms with Crippen molar-refractivity contribution in [3.8, 4) is 11.5 Å². The van der Waals surface area contributed by atoms with Crippen LogP contribution in [0.25, 0.3) is 0 Å². The first-order valence-electron chi connectivity index (χ1n) is 6.77. The van der Waals surface area contributed by atoms with Crippen molar-refractivity contribution in [3.63, 3.8) is 0 Å². The van der Waals surface area contributed by atoms with Gasteiger partial charge in [-0.1, -0.05) is 6.92 Å². The van der Waals surface area contributed by atoms with Crippen LogP contribution in [0.2, 0.25) is 0 Å². The fraction of sp³-hybridized carbons (Fsp3) is 0.600. The molecule has 1 aromatic rings.